The highest BCUT2D eigenvalue weighted by Gasteiger charge is 2.53. The molecule has 1 aliphatic heterocycles. The maximum Gasteiger partial charge on any atom is 0.142 e. The van der Waals surface area contributed by atoms with E-state index in [4.69, 9.17) is 4.74 Å². The van der Waals surface area contributed by atoms with E-state index in [1.807, 2.05) is 0 Å². The third-order valence-electron chi connectivity index (χ3n) is 6.80. The summed E-state index contributed by atoms with van der Waals surface area (Å²) in [5, 5.41) is 3.49. The summed E-state index contributed by atoms with van der Waals surface area (Å²) in [4.78, 5) is 2.63. The molecule has 3 nitrogen and oxygen atoms in total. The fourth-order valence-corrected chi connectivity index (χ4v) is 5.73. The van der Waals surface area contributed by atoms with Gasteiger partial charge in [-0.05, 0) is 75.4 Å². The van der Waals surface area contributed by atoms with Gasteiger partial charge in [0.2, 0.25) is 0 Å². The standard InChI is InChI=1S/C20H30N2O/c1-4-21-17-11-14-12-18-15-7-5-6-8-20(15,9-10-22(18)2)16(14)13-19(17)23-3/h11,13,15,18,21H,4-10,12H2,1-3H3/t15-,18+,20+/m1/s1. The molecule has 1 N–H and O–H groups in total. The van der Waals surface area contributed by atoms with Crippen molar-refractivity contribution in [3.8, 4) is 5.75 Å². The average molecular weight is 314 g/mol. The van der Waals surface area contributed by atoms with Crippen molar-refractivity contribution in [1.29, 1.82) is 0 Å². The molecule has 2 fully saturated rings. The SMILES string of the molecule is CCNc1cc2c(cc1OC)[C@]13CCCC[C@@H]1[C@H](C2)N(C)CC3. The first-order chi connectivity index (χ1) is 11.2. The molecule has 23 heavy (non-hydrogen) atoms. The lowest BCUT2D eigenvalue weighted by Crippen LogP contribution is -2.59. The van der Waals surface area contributed by atoms with E-state index in [9.17, 15) is 0 Å². The third-order valence-corrected chi connectivity index (χ3v) is 6.80. The zero-order chi connectivity index (χ0) is 16.0. The Balaban J connectivity index is 1.86. The number of nitrogens with zero attached hydrogens (tertiary/aromatic N) is 1. The van der Waals surface area contributed by atoms with Crippen LogP contribution in [-0.4, -0.2) is 38.2 Å². The minimum Gasteiger partial charge on any atom is -0.495 e. The van der Waals surface area contributed by atoms with Crippen molar-refractivity contribution < 1.29 is 4.74 Å². The first kappa shape index (κ1) is 15.3. The Bertz CT molecular complexity index is 600. The summed E-state index contributed by atoms with van der Waals surface area (Å²) in [7, 11) is 4.14. The molecule has 0 spiro atoms. The Kier molecular flexibility index (Phi) is 3.79. The van der Waals surface area contributed by atoms with Crippen LogP contribution in [0, 0.1) is 5.92 Å². The Morgan fingerprint density at radius 2 is 2.17 bits per heavy atom. The summed E-state index contributed by atoms with van der Waals surface area (Å²) >= 11 is 0. The second-order valence-electron chi connectivity index (χ2n) is 7.75. The molecular weight excluding hydrogens is 284 g/mol. The van der Waals surface area contributed by atoms with Crippen molar-refractivity contribution in [2.45, 2.75) is 56.9 Å². The molecule has 0 aromatic heterocycles. The van der Waals surface area contributed by atoms with Crippen molar-refractivity contribution >= 4 is 5.69 Å². The van der Waals surface area contributed by atoms with Gasteiger partial charge in [0.25, 0.3) is 0 Å². The summed E-state index contributed by atoms with van der Waals surface area (Å²) in [6.07, 6.45) is 8.12. The lowest BCUT2D eigenvalue weighted by atomic mass is 9.52. The van der Waals surface area contributed by atoms with Crippen LogP contribution in [0.25, 0.3) is 0 Å². The highest BCUT2D eigenvalue weighted by Crippen LogP contribution is 2.56. The summed E-state index contributed by atoms with van der Waals surface area (Å²) < 4.78 is 5.73. The largest absolute Gasteiger partial charge is 0.495 e. The number of piperidine rings is 1. The van der Waals surface area contributed by atoms with Gasteiger partial charge in [0.15, 0.2) is 0 Å². The zero-order valence-corrected chi connectivity index (χ0v) is 14.8. The number of benzene rings is 1. The molecule has 0 unspecified atom stereocenters. The monoisotopic (exact) mass is 314 g/mol. The highest BCUT2D eigenvalue weighted by atomic mass is 16.5. The van der Waals surface area contributed by atoms with Gasteiger partial charge in [0, 0.05) is 18.0 Å². The van der Waals surface area contributed by atoms with Crippen molar-refractivity contribution in [2.24, 2.45) is 5.92 Å². The molecule has 1 saturated heterocycles. The van der Waals surface area contributed by atoms with Crippen molar-refractivity contribution in [2.75, 3.05) is 32.6 Å². The van der Waals surface area contributed by atoms with Gasteiger partial charge < -0.3 is 15.0 Å². The summed E-state index contributed by atoms with van der Waals surface area (Å²) in [6.45, 7) is 4.33. The van der Waals surface area contributed by atoms with Gasteiger partial charge in [-0.15, -0.1) is 0 Å². The van der Waals surface area contributed by atoms with E-state index >= 15 is 0 Å². The van der Waals surface area contributed by atoms with Gasteiger partial charge in [-0.1, -0.05) is 12.8 Å². The number of methoxy groups -OCH3 is 1. The summed E-state index contributed by atoms with van der Waals surface area (Å²) in [5.41, 5.74) is 4.77. The minimum atomic E-state index is 0.418. The van der Waals surface area contributed by atoms with Crippen LogP contribution in [0.5, 0.6) is 5.75 Å². The lowest BCUT2D eigenvalue weighted by molar-refractivity contribution is 0.00277. The minimum absolute atomic E-state index is 0.418. The molecule has 0 amide bonds. The summed E-state index contributed by atoms with van der Waals surface area (Å²) in [5.74, 6) is 1.87. The van der Waals surface area contributed by atoms with Crippen LogP contribution in [0.1, 0.15) is 50.2 Å². The Hall–Kier alpha value is -1.22. The van der Waals surface area contributed by atoms with E-state index in [1.165, 1.54) is 50.8 Å². The van der Waals surface area contributed by atoms with E-state index in [0.29, 0.717) is 5.41 Å². The molecule has 0 radical (unpaired) electrons. The van der Waals surface area contributed by atoms with Gasteiger partial charge in [-0.3, -0.25) is 0 Å². The van der Waals surface area contributed by atoms with Gasteiger partial charge in [0.1, 0.15) is 5.75 Å². The first-order valence-corrected chi connectivity index (χ1v) is 9.35. The molecule has 3 aliphatic rings. The van der Waals surface area contributed by atoms with Gasteiger partial charge in [-0.2, -0.15) is 0 Å². The topological polar surface area (TPSA) is 24.5 Å². The number of fused-ring (bicyclic) bond motifs is 1. The van der Waals surface area contributed by atoms with Crippen LogP contribution in [-0.2, 0) is 11.8 Å². The van der Waals surface area contributed by atoms with Crippen LogP contribution in [0.15, 0.2) is 12.1 Å². The van der Waals surface area contributed by atoms with Gasteiger partial charge >= 0.3 is 0 Å². The van der Waals surface area contributed by atoms with Crippen LogP contribution < -0.4 is 10.1 Å². The fraction of sp³-hybridized carbons (Fsp3) is 0.700. The molecule has 1 heterocycles. The average Bonchev–Trinajstić information content (AvgIpc) is 2.58. The molecule has 1 aromatic rings. The maximum atomic E-state index is 5.73. The fourth-order valence-electron chi connectivity index (χ4n) is 5.73. The summed E-state index contributed by atoms with van der Waals surface area (Å²) in [6, 6.07) is 5.50. The second-order valence-corrected chi connectivity index (χ2v) is 7.75. The van der Waals surface area contributed by atoms with Crippen molar-refractivity contribution in [1.82, 2.24) is 4.90 Å². The van der Waals surface area contributed by atoms with Crippen LogP contribution in [0.4, 0.5) is 5.69 Å². The molecule has 2 aliphatic carbocycles. The molecule has 3 heteroatoms. The number of ether oxygens (including phenoxy) is 1. The number of nitrogens with one attached hydrogen (secondary N) is 1. The maximum absolute atomic E-state index is 5.73. The van der Waals surface area contributed by atoms with E-state index in [-0.39, 0.29) is 0 Å². The van der Waals surface area contributed by atoms with Crippen LogP contribution >= 0.6 is 0 Å². The number of likely N-dealkylation sites (tertiary alicyclic amines) is 1. The van der Waals surface area contributed by atoms with E-state index in [2.05, 4.69) is 36.3 Å². The molecule has 4 rings (SSSR count). The molecule has 3 atom stereocenters. The van der Waals surface area contributed by atoms with Gasteiger partial charge in [0.05, 0.1) is 12.8 Å². The van der Waals surface area contributed by atoms with Crippen LogP contribution in [0.3, 0.4) is 0 Å². The number of likely N-dealkylation sites (N-methyl/N-ethyl adjacent to an activating group) is 1. The predicted octanol–water partition coefficient (Wildman–Crippen LogP) is 3.82. The van der Waals surface area contributed by atoms with Crippen molar-refractivity contribution in [3.05, 3.63) is 23.3 Å². The zero-order valence-electron chi connectivity index (χ0n) is 14.8. The Morgan fingerprint density at radius 3 is 2.96 bits per heavy atom. The molecule has 126 valence electrons. The van der Waals surface area contributed by atoms with E-state index < -0.39 is 0 Å². The molecule has 1 aromatic carbocycles. The predicted molar refractivity (Wildman–Crippen MR) is 95.5 cm³/mol. The quantitative estimate of drug-likeness (QED) is 0.918. The lowest BCUT2D eigenvalue weighted by Gasteiger charge is -2.58. The third kappa shape index (κ3) is 2.20. The van der Waals surface area contributed by atoms with Crippen LogP contribution in [0.2, 0.25) is 0 Å². The Morgan fingerprint density at radius 1 is 1.30 bits per heavy atom. The second kappa shape index (κ2) is 5.70. The van der Waals surface area contributed by atoms with E-state index in [1.54, 1.807) is 18.2 Å². The number of hydrogen-bond acceptors (Lipinski definition) is 3. The number of hydrogen-bond donors (Lipinski definition) is 1. The number of anilines is 1. The van der Waals surface area contributed by atoms with E-state index in [0.717, 1.165) is 24.3 Å². The smallest absolute Gasteiger partial charge is 0.142 e. The first-order valence-electron chi connectivity index (χ1n) is 9.35. The number of rotatable bonds is 3. The molecule has 1 saturated carbocycles. The highest BCUT2D eigenvalue weighted by molar-refractivity contribution is 5.62. The van der Waals surface area contributed by atoms with Crippen molar-refractivity contribution in [3.63, 3.8) is 0 Å². The molecular formula is C20H30N2O. The van der Waals surface area contributed by atoms with Gasteiger partial charge in [-0.25, -0.2) is 0 Å². The Labute approximate surface area is 140 Å². The molecule has 2 bridgehead atoms. The normalized spacial score (nSPS) is 32.8.